The fourth-order valence-electron chi connectivity index (χ4n) is 4.07. The molecule has 0 unspecified atom stereocenters. The van der Waals surface area contributed by atoms with Gasteiger partial charge in [-0.1, -0.05) is 17.4 Å². The summed E-state index contributed by atoms with van der Waals surface area (Å²) >= 11 is 1.48. The van der Waals surface area contributed by atoms with Crippen molar-refractivity contribution in [3.63, 3.8) is 0 Å². The summed E-state index contributed by atoms with van der Waals surface area (Å²) in [6.45, 7) is 4.47. The van der Waals surface area contributed by atoms with Crippen molar-refractivity contribution in [1.29, 1.82) is 0 Å². The second kappa shape index (κ2) is 9.47. The third-order valence-electron chi connectivity index (χ3n) is 5.98. The number of nitrogens with zero attached hydrogens (tertiary/aromatic N) is 3. The molecule has 1 aromatic carbocycles. The second-order valence-corrected chi connectivity index (χ2v) is 8.98. The zero-order valence-corrected chi connectivity index (χ0v) is 18.7. The molecule has 9 heteroatoms. The molecule has 2 amide bonds. The quantitative estimate of drug-likeness (QED) is 0.797. The lowest BCUT2D eigenvalue weighted by atomic mass is 10.0. The highest BCUT2D eigenvalue weighted by Gasteiger charge is 2.26. The summed E-state index contributed by atoms with van der Waals surface area (Å²) in [4.78, 5) is 21.6. The van der Waals surface area contributed by atoms with Crippen molar-refractivity contribution in [2.75, 3.05) is 66.0 Å². The summed E-state index contributed by atoms with van der Waals surface area (Å²) in [5.41, 5.74) is 1.89. The number of rotatable bonds is 4. The van der Waals surface area contributed by atoms with Crippen LogP contribution in [0.4, 0.5) is 9.93 Å². The van der Waals surface area contributed by atoms with Crippen LogP contribution in [0.15, 0.2) is 12.1 Å². The van der Waals surface area contributed by atoms with E-state index in [4.69, 9.17) is 14.2 Å². The number of nitrogens with one attached hydrogen (secondary N) is 1. The number of ether oxygens (including phenoxy) is 3. The van der Waals surface area contributed by atoms with Gasteiger partial charge in [-0.05, 0) is 44.6 Å². The number of anilines is 1. The Labute approximate surface area is 181 Å². The number of benzene rings is 1. The topological polar surface area (TPSA) is 76.2 Å². The van der Waals surface area contributed by atoms with Crippen LogP contribution in [0.1, 0.15) is 24.3 Å². The van der Waals surface area contributed by atoms with Gasteiger partial charge in [-0.2, -0.15) is 0 Å². The van der Waals surface area contributed by atoms with E-state index < -0.39 is 0 Å². The number of thiazole rings is 1. The highest BCUT2D eigenvalue weighted by atomic mass is 32.1. The van der Waals surface area contributed by atoms with Crippen molar-refractivity contribution in [3.05, 3.63) is 17.7 Å². The Morgan fingerprint density at radius 1 is 1.27 bits per heavy atom. The van der Waals surface area contributed by atoms with E-state index in [9.17, 15) is 4.79 Å². The lowest BCUT2D eigenvalue weighted by Gasteiger charge is -2.34. The van der Waals surface area contributed by atoms with Crippen LogP contribution in [0.5, 0.6) is 5.75 Å². The average molecular weight is 435 g/mol. The number of urea groups is 1. The Morgan fingerprint density at radius 3 is 2.63 bits per heavy atom. The molecule has 1 aromatic heterocycles. The molecule has 3 heterocycles. The number of carbonyl (C=O) groups is 1. The molecule has 2 aromatic rings. The standard InChI is InChI=1S/C21H30N4O4S/c1-24-8-6-15(7-9-24)25(2)21(26)23-20-22-18-17(27-3)5-4-16(19(18)30-20)14-12-28-10-11-29-13-14/h4-5,14-15H,6-13H2,1-3H3,(H,22,23,26). The maximum absolute atomic E-state index is 12.9. The van der Waals surface area contributed by atoms with Gasteiger partial charge in [-0.15, -0.1) is 0 Å². The van der Waals surface area contributed by atoms with Crippen LogP contribution < -0.4 is 10.1 Å². The van der Waals surface area contributed by atoms with E-state index >= 15 is 0 Å². The molecule has 2 aliphatic heterocycles. The fraction of sp³-hybridized carbons (Fsp3) is 0.619. The van der Waals surface area contributed by atoms with Gasteiger partial charge in [-0.25, -0.2) is 9.78 Å². The van der Waals surface area contributed by atoms with Crippen LogP contribution in [0, 0.1) is 0 Å². The first-order chi connectivity index (χ1) is 14.6. The normalized spacial score (nSPS) is 19.6. The smallest absolute Gasteiger partial charge is 0.323 e. The molecule has 0 saturated carbocycles. The molecule has 0 aliphatic carbocycles. The largest absolute Gasteiger partial charge is 0.494 e. The van der Waals surface area contributed by atoms with E-state index in [0.717, 1.165) is 41.7 Å². The van der Waals surface area contributed by atoms with Gasteiger partial charge in [0.1, 0.15) is 11.3 Å². The number of methoxy groups -OCH3 is 1. The van der Waals surface area contributed by atoms with E-state index in [1.807, 2.05) is 18.0 Å². The summed E-state index contributed by atoms with van der Waals surface area (Å²) < 4.78 is 17.9. The van der Waals surface area contributed by atoms with Crippen LogP contribution in [0.2, 0.25) is 0 Å². The van der Waals surface area contributed by atoms with Gasteiger partial charge >= 0.3 is 6.03 Å². The number of fused-ring (bicyclic) bond motifs is 1. The third kappa shape index (κ3) is 4.54. The summed E-state index contributed by atoms with van der Waals surface area (Å²) in [5, 5.41) is 3.58. The number of amides is 2. The minimum atomic E-state index is -0.120. The minimum absolute atomic E-state index is 0.120. The predicted octanol–water partition coefficient (Wildman–Crippen LogP) is 2.99. The molecular weight excluding hydrogens is 404 g/mol. The van der Waals surface area contributed by atoms with Crippen molar-refractivity contribution in [2.24, 2.45) is 0 Å². The zero-order valence-electron chi connectivity index (χ0n) is 17.8. The van der Waals surface area contributed by atoms with Gasteiger partial charge < -0.3 is 24.0 Å². The van der Waals surface area contributed by atoms with Crippen LogP contribution >= 0.6 is 11.3 Å². The second-order valence-electron chi connectivity index (χ2n) is 7.98. The molecule has 1 N–H and O–H groups in total. The Balaban J connectivity index is 1.55. The molecule has 164 valence electrons. The van der Waals surface area contributed by atoms with Crippen molar-refractivity contribution in [3.8, 4) is 5.75 Å². The molecule has 8 nitrogen and oxygen atoms in total. The number of carbonyl (C=O) groups excluding carboxylic acids is 1. The monoisotopic (exact) mass is 434 g/mol. The number of likely N-dealkylation sites (tertiary alicyclic amines) is 1. The first kappa shape index (κ1) is 21.3. The molecule has 0 atom stereocenters. The molecule has 0 bridgehead atoms. The van der Waals surface area contributed by atoms with Gasteiger partial charge in [0.25, 0.3) is 0 Å². The first-order valence-electron chi connectivity index (χ1n) is 10.4. The fourth-order valence-corrected chi connectivity index (χ4v) is 5.13. The van der Waals surface area contributed by atoms with Crippen LogP contribution in [0.3, 0.4) is 0 Å². The van der Waals surface area contributed by atoms with Crippen molar-refractivity contribution >= 4 is 32.7 Å². The van der Waals surface area contributed by atoms with Crippen LogP contribution in [0.25, 0.3) is 10.2 Å². The zero-order chi connectivity index (χ0) is 21.1. The lowest BCUT2D eigenvalue weighted by molar-refractivity contribution is 0.103. The van der Waals surface area contributed by atoms with Crippen molar-refractivity contribution in [2.45, 2.75) is 24.8 Å². The number of aromatic nitrogens is 1. The maximum atomic E-state index is 12.9. The summed E-state index contributed by atoms with van der Waals surface area (Å²) in [7, 11) is 5.62. The molecule has 2 saturated heterocycles. The SMILES string of the molecule is COc1ccc(C2COCCOC2)c2sc(NC(=O)N(C)C3CCN(C)CC3)nc12. The highest BCUT2D eigenvalue weighted by molar-refractivity contribution is 7.22. The number of piperidine rings is 1. The van der Waals surface area contributed by atoms with E-state index in [2.05, 4.69) is 28.3 Å². The van der Waals surface area contributed by atoms with E-state index in [1.165, 1.54) is 11.3 Å². The minimum Gasteiger partial charge on any atom is -0.494 e. The predicted molar refractivity (Wildman–Crippen MR) is 118 cm³/mol. The van der Waals surface area contributed by atoms with E-state index in [-0.39, 0.29) is 18.0 Å². The van der Waals surface area contributed by atoms with Crippen molar-refractivity contribution in [1.82, 2.24) is 14.8 Å². The highest BCUT2D eigenvalue weighted by Crippen LogP contribution is 2.38. The third-order valence-corrected chi connectivity index (χ3v) is 7.00. The molecule has 0 radical (unpaired) electrons. The molecule has 2 fully saturated rings. The average Bonchev–Trinajstić information content (AvgIpc) is 2.98. The van der Waals surface area contributed by atoms with Crippen LogP contribution in [-0.4, -0.2) is 87.6 Å². The van der Waals surface area contributed by atoms with E-state index in [1.54, 1.807) is 7.11 Å². The Kier molecular flexibility index (Phi) is 6.72. The maximum Gasteiger partial charge on any atom is 0.323 e. The molecule has 2 aliphatic rings. The van der Waals surface area contributed by atoms with Gasteiger partial charge in [-0.3, -0.25) is 5.32 Å². The molecule has 0 spiro atoms. The Bertz CT molecular complexity index is 873. The molecule has 4 rings (SSSR count). The number of hydrogen-bond donors (Lipinski definition) is 1. The van der Waals surface area contributed by atoms with Gasteiger partial charge in [0.15, 0.2) is 5.13 Å². The van der Waals surface area contributed by atoms with E-state index in [0.29, 0.717) is 37.3 Å². The summed E-state index contributed by atoms with van der Waals surface area (Å²) in [6.07, 6.45) is 1.97. The van der Waals surface area contributed by atoms with Crippen LogP contribution in [-0.2, 0) is 9.47 Å². The number of hydrogen-bond acceptors (Lipinski definition) is 7. The lowest BCUT2D eigenvalue weighted by Crippen LogP contribution is -2.46. The first-order valence-corrected chi connectivity index (χ1v) is 11.2. The van der Waals surface area contributed by atoms with Gasteiger partial charge in [0.05, 0.1) is 38.2 Å². The summed E-state index contributed by atoms with van der Waals surface area (Å²) in [5.74, 6) is 0.830. The van der Waals surface area contributed by atoms with Gasteiger partial charge in [0, 0.05) is 19.0 Å². The summed E-state index contributed by atoms with van der Waals surface area (Å²) in [6, 6.07) is 4.11. The molecule has 30 heavy (non-hydrogen) atoms. The van der Waals surface area contributed by atoms with Crippen molar-refractivity contribution < 1.29 is 19.0 Å². The van der Waals surface area contributed by atoms with Gasteiger partial charge in [0.2, 0.25) is 0 Å². The Hall–Kier alpha value is -1.94. The Morgan fingerprint density at radius 2 is 1.97 bits per heavy atom. The molecular formula is C21H30N4O4S.